The van der Waals surface area contributed by atoms with Crippen molar-refractivity contribution in [3.05, 3.63) is 15.8 Å². The minimum absolute atomic E-state index is 0.00492. The van der Waals surface area contributed by atoms with E-state index in [1.54, 1.807) is 6.92 Å². The van der Waals surface area contributed by atoms with Crippen LogP contribution in [0.1, 0.15) is 40.2 Å². The summed E-state index contributed by atoms with van der Waals surface area (Å²) in [6.07, 6.45) is 4.57. The molecule has 0 aromatic carbocycles. The average Bonchev–Trinajstić information content (AvgIpc) is 2.93. The minimum Gasteiger partial charge on any atom is -0.461 e. The van der Waals surface area contributed by atoms with E-state index in [4.69, 9.17) is 9.88 Å². The zero-order valence-electron chi connectivity index (χ0n) is 10.7. The first kappa shape index (κ1) is 14.5. The molecule has 2 rings (SSSR count). The van der Waals surface area contributed by atoms with Gasteiger partial charge in [-0.2, -0.15) is 0 Å². The Morgan fingerprint density at radius 3 is 2.63 bits per heavy atom. The van der Waals surface area contributed by atoms with E-state index >= 15 is 0 Å². The quantitative estimate of drug-likeness (QED) is 0.862. The van der Waals surface area contributed by atoms with Crippen LogP contribution < -0.4 is 5.14 Å². The topological polar surface area (TPSA) is 86.5 Å². The van der Waals surface area contributed by atoms with Crippen molar-refractivity contribution < 1.29 is 17.9 Å². The van der Waals surface area contributed by atoms with Gasteiger partial charge < -0.3 is 4.74 Å². The molecule has 0 radical (unpaired) electrons. The van der Waals surface area contributed by atoms with Crippen molar-refractivity contribution in [2.24, 2.45) is 11.1 Å². The minimum atomic E-state index is -3.77. The zero-order chi connectivity index (χ0) is 14.0. The molecule has 0 saturated heterocycles. The van der Waals surface area contributed by atoms with Crippen LogP contribution in [0.25, 0.3) is 0 Å². The maximum absolute atomic E-state index is 11.8. The fourth-order valence-corrected chi connectivity index (χ4v) is 4.33. The van der Waals surface area contributed by atoms with Gasteiger partial charge in [0.2, 0.25) is 10.0 Å². The number of thiophene rings is 1. The molecule has 1 aromatic heterocycles. The molecule has 1 fully saturated rings. The van der Waals surface area contributed by atoms with E-state index in [1.165, 1.54) is 18.9 Å². The molecule has 0 bridgehead atoms. The summed E-state index contributed by atoms with van der Waals surface area (Å²) in [6.45, 7) is 2.04. The fourth-order valence-electron chi connectivity index (χ4n) is 2.29. The zero-order valence-corrected chi connectivity index (χ0v) is 12.4. The molecular weight excluding hydrogens is 286 g/mol. The summed E-state index contributed by atoms with van der Waals surface area (Å²) in [5.74, 6) is -0.0161. The average molecular weight is 303 g/mol. The predicted octanol–water partition coefficient (Wildman–Crippen LogP) is 2.05. The second-order valence-electron chi connectivity index (χ2n) is 4.83. The standard InChI is InChI=1S/C12H17NO4S2/c1-8-11(19(13,15)16)6-10(18-8)12(14)17-7-9-4-2-3-5-9/h6,9H,2-5,7H2,1H3,(H2,13,15,16). The first-order valence-corrected chi connectivity index (χ1v) is 8.54. The summed E-state index contributed by atoms with van der Waals surface area (Å²) >= 11 is 1.10. The molecule has 0 unspecified atom stereocenters. The third-order valence-electron chi connectivity index (χ3n) is 3.30. The number of rotatable bonds is 4. The van der Waals surface area contributed by atoms with Crippen LogP contribution >= 0.6 is 11.3 Å². The summed E-state index contributed by atoms with van der Waals surface area (Å²) in [4.78, 5) is 12.7. The molecule has 0 aliphatic heterocycles. The molecule has 1 aliphatic rings. The van der Waals surface area contributed by atoms with Gasteiger partial charge in [0.05, 0.1) is 11.5 Å². The van der Waals surface area contributed by atoms with Gasteiger partial charge >= 0.3 is 5.97 Å². The van der Waals surface area contributed by atoms with Crippen molar-refractivity contribution in [3.63, 3.8) is 0 Å². The molecule has 5 nitrogen and oxygen atoms in total. The maximum atomic E-state index is 11.8. The molecule has 1 saturated carbocycles. The number of hydrogen-bond acceptors (Lipinski definition) is 5. The van der Waals surface area contributed by atoms with Crippen molar-refractivity contribution in [1.29, 1.82) is 0 Å². The largest absolute Gasteiger partial charge is 0.461 e. The number of esters is 1. The lowest BCUT2D eigenvalue weighted by molar-refractivity contribution is 0.0448. The van der Waals surface area contributed by atoms with E-state index in [0.717, 1.165) is 24.2 Å². The Bertz CT molecular complexity index is 571. The number of nitrogens with two attached hydrogens (primary N) is 1. The molecule has 0 spiro atoms. The van der Waals surface area contributed by atoms with Crippen LogP contribution in [0.3, 0.4) is 0 Å². The van der Waals surface area contributed by atoms with Crippen molar-refractivity contribution >= 4 is 27.3 Å². The lowest BCUT2D eigenvalue weighted by Gasteiger charge is -2.08. The van der Waals surface area contributed by atoms with Crippen molar-refractivity contribution in [1.82, 2.24) is 0 Å². The Morgan fingerprint density at radius 1 is 1.47 bits per heavy atom. The van der Waals surface area contributed by atoms with Crippen LogP contribution in [-0.2, 0) is 14.8 Å². The number of carbonyl (C=O) groups is 1. The number of aryl methyl sites for hydroxylation is 1. The van der Waals surface area contributed by atoms with E-state index < -0.39 is 16.0 Å². The monoisotopic (exact) mass is 303 g/mol. The molecule has 7 heteroatoms. The summed E-state index contributed by atoms with van der Waals surface area (Å²) in [6, 6.07) is 1.30. The van der Waals surface area contributed by atoms with Gasteiger partial charge in [-0.15, -0.1) is 11.3 Å². The number of carbonyl (C=O) groups excluding carboxylic acids is 1. The third kappa shape index (κ3) is 3.55. The van der Waals surface area contributed by atoms with Gasteiger partial charge in [-0.05, 0) is 31.7 Å². The van der Waals surface area contributed by atoms with E-state index in [9.17, 15) is 13.2 Å². The van der Waals surface area contributed by atoms with Gasteiger partial charge in [0.1, 0.15) is 4.88 Å². The highest BCUT2D eigenvalue weighted by Gasteiger charge is 2.22. The van der Waals surface area contributed by atoms with Crippen LogP contribution in [0.2, 0.25) is 0 Å². The Hall–Kier alpha value is -0.920. The molecule has 0 atom stereocenters. The van der Waals surface area contributed by atoms with Crippen LogP contribution in [0.4, 0.5) is 0 Å². The van der Waals surface area contributed by atoms with Crippen molar-refractivity contribution in [3.8, 4) is 0 Å². The van der Waals surface area contributed by atoms with Gasteiger partial charge in [0.15, 0.2) is 0 Å². The lowest BCUT2D eigenvalue weighted by Crippen LogP contribution is -2.13. The third-order valence-corrected chi connectivity index (χ3v) is 5.50. The molecule has 2 N–H and O–H groups in total. The molecule has 19 heavy (non-hydrogen) atoms. The van der Waals surface area contributed by atoms with E-state index in [2.05, 4.69) is 0 Å². The number of hydrogen-bond donors (Lipinski definition) is 1. The lowest BCUT2D eigenvalue weighted by atomic mass is 10.1. The highest BCUT2D eigenvalue weighted by atomic mass is 32.2. The van der Waals surface area contributed by atoms with E-state index in [-0.39, 0.29) is 4.90 Å². The molecule has 1 heterocycles. The summed E-state index contributed by atoms with van der Waals surface area (Å²) < 4.78 is 27.8. The summed E-state index contributed by atoms with van der Waals surface area (Å²) in [5, 5.41) is 5.07. The fraction of sp³-hybridized carbons (Fsp3) is 0.583. The first-order chi connectivity index (χ1) is 8.88. The van der Waals surface area contributed by atoms with Gasteiger partial charge in [-0.25, -0.2) is 18.4 Å². The number of ether oxygens (including phenoxy) is 1. The van der Waals surface area contributed by atoms with Crippen LogP contribution in [0.5, 0.6) is 0 Å². The summed E-state index contributed by atoms with van der Waals surface area (Å²) in [7, 11) is -3.77. The van der Waals surface area contributed by atoms with E-state index in [0.29, 0.717) is 22.3 Å². The Labute approximate surface area is 116 Å². The van der Waals surface area contributed by atoms with Gasteiger partial charge in [-0.3, -0.25) is 0 Å². The van der Waals surface area contributed by atoms with Crippen LogP contribution in [0.15, 0.2) is 11.0 Å². The highest BCUT2D eigenvalue weighted by molar-refractivity contribution is 7.89. The van der Waals surface area contributed by atoms with Crippen LogP contribution in [0, 0.1) is 12.8 Å². The SMILES string of the molecule is Cc1sc(C(=O)OCC2CCCC2)cc1S(N)(=O)=O. The van der Waals surface area contributed by atoms with Crippen LogP contribution in [-0.4, -0.2) is 21.0 Å². The van der Waals surface area contributed by atoms with Gasteiger partial charge in [-0.1, -0.05) is 12.8 Å². The van der Waals surface area contributed by atoms with Crippen molar-refractivity contribution in [2.45, 2.75) is 37.5 Å². The second-order valence-corrected chi connectivity index (χ2v) is 7.61. The molecule has 1 aromatic rings. The Kier molecular flexibility index (Phi) is 4.27. The summed E-state index contributed by atoms with van der Waals surface area (Å²) in [5.41, 5.74) is 0. The Balaban J connectivity index is 2.03. The second kappa shape index (κ2) is 5.60. The predicted molar refractivity (Wildman–Crippen MR) is 72.7 cm³/mol. The van der Waals surface area contributed by atoms with E-state index in [1.807, 2.05) is 0 Å². The number of sulfonamides is 1. The molecule has 0 amide bonds. The molecule has 106 valence electrons. The molecule has 1 aliphatic carbocycles. The smallest absolute Gasteiger partial charge is 0.348 e. The van der Waals surface area contributed by atoms with Gasteiger partial charge in [0, 0.05) is 4.88 Å². The maximum Gasteiger partial charge on any atom is 0.348 e. The number of primary sulfonamides is 1. The highest BCUT2D eigenvalue weighted by Crippen LogP contribution is 2.27. The molecular formula is C12H17NO4S2. The Morgan fingerprint density at radius 2 is 2.11 bits per heavy atom. The van der Waals surface area contributed by atoms with Crippen molar-refractivity contribution in [2.75, 3.05) is 6.61 Å². The van der Waals surface area contributed by atoms with Gasteiger partial charge in [0.25, 0.3) is 0 Å². The normalized spacial score (nSPS) is 16.7. The first-order valence-electron chi connectivity index (χ1n) is 6.18.